The highest BCUT2D eigenvalue weighted by Gasteiger charge is 2.07. The predicted octanol–water partition coefficient (Wildman–Crippen LogP) is 2.11. The number of alkyl halides is 2. The van der Waals surface area contributed by atoms with Crippen molar-refractivity contribution in [2.75, 3.05) is 7.11 Å². The SMILES string of the molecule is COc1cc(C=O)cc(OC(F)F)c1. The normalized spacial score (nSPS) is 10.0. The van der Waals surface area contributed by atoms with Crippen molar-refractivity contribution in [3.63, 3.8) is 0 Å². The Kier molecular flexibility index (Phi) is 3.39. The molecule has 1 aromatic rings. The van der Waals surface area contributed by atoms with Crippen LogP contribution in [0, 0.1) is 0 Å². The van der Waals surface area contributed by atoms with E-state index in [1.807, 2.05) is 0 Å². The van der Waals surface area contributed by atoms with Crippen LogP contribution >= 0.6 is 0 Å². The third kappa shape index (κ3) is 2.69. The summed E-state index contributed by atoms with van der Waals surface area (Å²) in [6.07, 6.45) is 0.529. The fraction of sp³-hybridized carbons (Fsp3) is 0.222. The molecule has 0 N–H and O–H groups in total. The first-order valence-corrected chi connectivity index (χ1v) is 3.75. The number of aldehydes is 1. The Bertz CT molecular complexity index is 326. The van der Waals surface area contributed by atoms with Gasteiger partial charge in [0.05, 0.1) is 7.11 Å². The number of benzene rings is 1. The Labute approximate surface area is 79.2 Å². The van der Waals surface area contributed by atoms with Crippen molar-refractivity contribution in [3.05, 3.63) is 23.8 Å². The van der Waals surface area contributed by atoms with Crippen molar-refractivity contribution in [3.8, 4) is 11.5 Å². The number of ether oxygens (including phenoxy) is 2. The van der Waals surface area contributed by atoms with Gasteiger partial charge in [0.1, 0.15) is 17.8 Å². The quantitative estimate of drug-likeness (QED) is 0.701. The molecule has 0 fully saturated rings. The van der Waals surface area contributed by atoms with Crippen molar-refractivity contribution in [2.45, 2.75) is 6.61 Å². The molecule has 3 nitrogen and oxygen atoms in total. The zero-order valence-corrected chi connectivity index (χ0v) is 7.37. The molecule has 1 rings (SSSR count). The molecule has 0 spiro atoms. The Balaban J connectivity index is 2.98. The molecule has 0 aliphatic carbocycles. The number of hydrogen-bond donors (Lipinski definition) is 0. The van der Waals surface area contributed by atoms with Gasteiger partial charge >= 0.3 is 6.61 Å². The van der Waals surface area contributed by atoms with Gasteiger partial charge in [-0.25, -0.2) is 0 Å². The molecule has 0 saturated heterocycles. The lowest BCUT2D eigenvalue weighted by atomic mass is 10.2. The number of rotatable bonds is 4. The monoisotopic (exact) mass is 202 g/mol. The summed E-state index contributed by atoms with van der Waals surface area (Å²) in [5, 5.41) is 0. The molecule has 0 heterocycles. The second-order valence-electron chi connectivity index (χ2n) is 2.44. The maximum absolute atomic E-state index is 11.8. The van der Waals surface area contributed by atoms with Crippen LogP contribution in [-0.2, 0) is 0 Å². The molecule has 1 aromatic carbocycles. The second kappa shape index (κ2) is 4.55. The van der Waals surface area contributed by atoms with E-state index in [9.17, 15) is 13.6 Å². The molecular formula is C9H8F2O3. The summed E-state index contributed by atoms with van der Waals surface area (Å²) in [6, 6.07) is 3.91. The third-order valence-electron chi connectivity index (χ3n) is 1.50. The van der Waals surface area contributed by atoms with Crippen molar-refractivity contribution in [1.29, 1.82) is 0 Å². The Hall–Kier alpha value is -1.65. The van der Waals surface area contributed by atoms with Gasteiger partial charge in [-0.2, -0.15) is 8.78 Å². The minimum absolute atomic E-state index is 0.0959. The number of halogens is 2. The zero-order chi connectivity index (χ0) is 10.6. The van der Waals surface area contributed by atoms with Crippen LogP contribution in [0.5, 0.6) is 11.5 Å². The first-order chi connectivity index (χ1) is 6.65. The van der Waals surface area contributed by atoms with Crippen molar-refractivity contribution < 1.29 is 23.0 Å². The van der Waals surface area contributed by atoms with Gasteiger partial charge in [0.2, 0.25) is 0 Å². The fourth-order valence-electron chi connectivity index (χ4n) is 0.951. The van der Waals surface area contributed by atoms with Crippen LogP contribution in [0.1, 0.15) is 10.4 Å². The highest BCUT2D eigenvalue weighted by Crippen LogP contribution is 2.23. The lowest BCUT2D eigenvalue weighted by Gasteiger charge is -2.07. The summed E-state index contributed by atoms with van der Waals surface area (Å²) in [7, 11) is 1.37. The van der Waals surface area contributed by atoms with Gasteiger partial charge in [-0.1, -0.05) is 0 Å². The standard InChI is InChI=1S/C9H8F2O3/c1-13-7-2-6(5-12)3-8(4-7)14-9(10)11/h2-5,9H,1H3. The maximum Gasteiger partial charge on any atom is 0.387 e. The maximum atomic E-state index is 11.8. The Morgan fingerprint density at radius 3 is 2.43 bits per heavy atom. The summed E-state index contributed by atoms with van der Waals surface area (Å²) < 4.78 is 32.6. The average Bonchev–Trinajstić information content (AvgIpc) is 2.16. The molecular weight excluding hydrogens is 194 g/mol. The van der Waals surface area contributed by atoms with Gasteiger partial charge in [0.25, 0.3) is 0 Å². The topological polar surface area (TPSA) is 35.5 Å². The van der Waals surface area contributed by atoms with Gasteiger partial charge in [-0.3, -0.25) is 4.79 Å². The zero-order valence-electron chi connectivity index (χ0n) is 7.37. The summed E-state index contributed by atoms with van der Waals surface area (Å²) in [5.74, 6) is 0.201. The van der Waals surface area contributed by atoms with E-state index in [1.54, 1.807) is 0 Å². The molecule has 0 atom stereocenters. The van der Waals surface area contributed by atoms with E-state index in [0.717, 1.165) is 0 Å². The van der Waals surface area contributed by atoms with Gasteiger partial charge in [-0.05, 0) is 12.1 Å². The molecule has 0 unspecified atom stereocenters. The lowest BCUT2D eigenvalue weighted by Crippen LogP contribution is -2.02. The predicted molar refractivity (Wildman–Crippen MR) is 45.0 cm³/mol. The number of methoxy groups -OCH3 is 1. The second-order valence-corrected chi connectivity index (χ2v) is 2.44. The molecule has 0 saturated carbocycles. The van der Waals surface area contributed by atoms with Crippen LogP contribution in [-0.4, -0.2) is 20.0 Å². The summed E-state index contributed by atoms with van der Waals surface area (Å²) in [4.78, 5) is 10.4. The minimum Gasteiger partial charge on any atom is -0.497 e. The molecule has 0 aromatic heterocycles. The molecule has 0 amide bonds. The smallest absolute Gasteiger partial charge is 0.387 e. The van der Waals surface area contributed by atoms with Crippen LogP contribution in [0.4, 0.5) is 8.78 Å². The van der Waals surface area contributed by atoms with Crippen LogP contribution in [0.2, 0.25) is 0 Å². The lowest BCUT2D eigenvalue weighted by molar-refractivity contribution is -0.0499. The average molecular weight is 202 g/mol. The van der Waals surface area contributed by atoms with Crippen LogP contribution in [0.25, 0.3) is 0 Å². The van der Waals surface area contributed by atoms with E-state index in [1.165, 1.54) is 25.3 Å². The van der Waals surface area contributed by atoms with Crippen molar-refractivity contribution in [1.82, 2.24) is 0 Å². The molecule has 76 valence electrons. The molecule has 0 radical (unpaired) electrons. The Morgan fingerprint density at radius 2 is 1.93 bits per heavy atom. The molecule has 0 bridgehead atoms. The van der Waals surface area contributed by atoms with E-state index >= 15 is 0 Å². The molecule has 0 aliphatic heterocycles. The fourth-order valence-corrected chi connectivity index (χ4v) is 0.951. The molecule has 14 heavy (non-hydrogen) atoms. The van der Waals surface area contributed by atoms with Gasteiger partial charge in [0, 0.05) is 11.6 Å². The van der Waals surface area contributed by atoms with E-state index < -0.39 is 6.61 Å². The van der Waals surface area contributed by atoms with Gasteiger partial charge < -0.3 is 9.47 Å². The first-order valence-electron chi connectivity index (χ1n) is 3.75. The van der Waals surface area contributed by atoms with Crippen molar-refractivity contribution >= 4 is 6.29 Å². The highest BCUT2D eigenvalue weighted by atomic mass is 19.3. The third-order valence-corrected chi connectivity index (χ3v) is 1.50. The highest BCUT2D eigenvalue weighted by molar-refractivity contribution is 5.76. The van der Waals surface area contributed by atoms with Gasteiger partial charge in [0.15, 0.2) is 0 Å². The van der Waals surface area contributed by atoms with Gasteiger partial charge in [-0.15, -0.1) is 0 Å². The Morgan fingerprint density at radius 1 is 1.29 bits per heavy atom. The molecule has 0 aliphatic rings. The summed E-state index contributed by atoms with van der Waals surface area (Å²) in [6.45, 7) is -2.92. The van der Waals surface area contributed by atoms with Crippen molar-refractivity contribution in [2.24, 2.45) is 0 Å². The van der Waals surface area contributed by atoms with Crippen LogP contribution in [0.3, 0.4) is 0 Å². The largest absolute Gasteiger partial charge is 0.497 e. The number of carbonyl (C=O) groups is 1. The van der Waals surface area contributed by atoms with Crippen LogP contribution in [0.15, 0.2) is 18.2 Å². The molecule has 5 heteroatoms. The van der Waals surface area contributed by atoms with E-state index in [0.29, 0.717) is 12.0 Å². The minimum atomic E-state index is -2.92. The number of hydrogen-bond acceptors (Lipinski definition) is 3. The van der Waals surface area contributed by atoms with Crippen LogP contribution < -0.4 is 9.47 Å². The van der Waals surface area contributed by atoms with E-state index in [4.69, 9.17) is 4.74 Å². The number of carbonyl (C=O) groups excluding carboxylic acids is 1. The van der Waals surface area contributed by atoms with E-state index in [-0.39, 0.29) is 11.3 Å². The summed E-state index contributed by atoms with van der Waals surface area (Å²) >= 11 is 0. The first kappa shape index (κ1) is 10.4. The summed E-state index contributed by atoms with van der Waals surface area (Å²) in [5.41, 5.74) is 0.222. The van der Waals surface area contributed by atoms with E-state index in [2.05, 4.69) is 4.74 Å².